The molecule has 2 aromatic rings. The molecule has 1 fully saturated rings. The Hall–Kier alpha value is -2.03. The van der Waals surface area contributed by atoms with Crippen molar-refractivity contribution in [2.24, 2.45) is 5.92 Å². The van der Waals surface area contributed by atoms with Crippen molar-refractivity contribution < 1.29 is 18.0 Å². The second-order valence-corrected chi connectivity index (χ2v) is 7.05. The average Bonchev–Trinajstić information content (AvgIpc) is 2.64. The smallest absolute Gasteiger partial charge is 0.356 e. The van der Waals surface area contributed by atoms with Gasteiger partial charge in [0.2, 0.25) is 5.91 Å². The van der Waals surface area contributed by atoms with Gasteiger partial charge in [-0.15, -0.1) is 11.8 Å². The van der Waals surface area contributed by atoms with Crippen molar-refractivity contribution in [2.45, 2.75) is 23.9 Å². The lowest BCUT2D eigenvalue weighted by atomic mass is 9.95. The molecule has 140 valence electrons. The largest absolute Gasteiger partial charge is 0.405 e. The second-order valence-electron chi connectivity index (χ2n) is 6.17. The first-order valence-corrected chi connectivity index (χ1v) is 9.48. The molecule has 0 radical (unpaired) electrons. The number of rotatable bonds is 4. The minimum atomic E-state index is -4.38. The van der Waals surface area contributed by atoms with Crippen LogP contribution in [0.1, 0.15) is 12.8 Å². The van der Waals surface area contributed by atoms with Gasteiger partial charge in [0.05, 0.1) is 5.52 Å². The summed E-state index contributed by atoms with van der Waals surface area (Å²) in [6.45, 7) is -0.139. The maximum Gasteiger partial charge on any atom is 0.405 e. The Labute approximate surface area is 153 Å². The molecule has 0 saturated carbocycles. The molecular weight excluding hydrogens is 365 g/mol. The van der Waals surface area contributed by atoms with Crippen molar-refractivity contribution in [1.29, 1.82) is 0 Å². The highest BCUT2D eigenvalue weighted by Gasteiger charge is 2.31. The van der Waals surface area contributed by atoms with Gasteiger partial charge < -0.3 is 10.2 Å². The number of alkyl halides is 3. The van der Waals surface area contributed by atoms with Gasteiger partial charge in [0.15, 0.2) is 0 Å². The molecule has 1 N–H and O–H groups in total. The van der Waals surface area contributed by atoms with Gasteiger partial charge in [0.25, 0.3) is 0 Å². The maximum absolute atomic E-state index is 12.2. The van der Waals surface area contributed by atoms with Crippen molar-refractivity contribution >= 4 is 34.4 Å². The van der Waals surface area contributed by atoms with E-state index in [0.29, 0.717) is 25.9 Å². The average molecular weight is 384 g/mol. The van der Waals surface area contributed by atoms with Gasteiger partial charge in [-0.05, 0) is 37.3 Å². The number of benzene rings is 1. The number of halogens is 3. The molecule has 1 amide bonds. The van der Waals surface area contributed by atoms with Gasteiger partial charge in [-0.3, -0.25) is 4.79 Å². The summed E-state index contributed by atoms with van der Waals surface area (Å²) in [6, 6.07) is 5.99. The Morgan fingerprint density at radius 1 is 1.31 bits per heavy atom. The van der Waals surface area contributed by atoms with Gasteiger partial charge in [0.1, 0.15) is 18.7 Å². The zero-order chi connectivity index (χ0) is 18.7. The van der Waals surface area contributed by atoms with E-state index in [1.165, 1.54) is 6.33 Å². The number of fused-ring (bicyclic) bond motifs is 1. The summed E-state index contributed by atoms with van der Waals surface area (Å²) in [4.78, 5) is 23.8. The van der Waals surface area contributed by atoms with E-state index in [9.17, 15) is 18.0 Å². The molecule has 1 saturated heterocycles. The van der Waals surface area contributed by atoms with Crippen LogP contribution in [0.3, 0.4) is 0 Å². The normalized spacial score (nSPS) is 16.1. The number of nitrogens with zero attached hydrogens (tertiary/aromatic N) is 3. The van der Waals surface area contributed by atoms with E-state index in [4.69, 9.17) is 0 Å². The van der Waals surface area contributed by atoms with Crippen LogP contribution in [0.25, 0.3) is 10.9 Å². The maximum atomic E-state index is 12.2. The van der Waals surface area contributed by atoms with Gasteiger partial charge >= 0.3 is 6.18 Å². The highest BCUT2D eigenvalue weighted by atomic mass is 32.2. The predicted octanol–water partition coefficient (Wildman–Crippen LogP) is 3.25. The van der Waals surface area contributed by atoms with Crippen LogP contribution in [-0.4, -0.2) is 47.9 Å². The quantitative estimate of drug-likeness (QED) is 0.820. The van der Waals surface area contributed by atoms with E-state index < -0.39 is 24.5 Å². The van der Waals surface area contributed by atoms with Crippen LogP contribution in [0.2, 0.25) is 0 Å². The number of nitrogens with one attached hydrogen (secondary N) is 1. The van der Waals surface area contributed by atoms with Crippen LogP contribution in [0.4, 0.5) is 19.0 Å². The minimum absolute atomic E-state index is 0.400. The van der Waals surface area contributed by atoms with Crippen molar-refractivity contribution in [1.82, 2.24) is 15.3 Å². The summed E-state index contributed by atoms with van der Waals surface area (Å²) in [6.07, 6.45) is 0.119. The van der Waals surface area contributed by atoms with Crippen LogP contribution in [-0.2, 0) is 4.79 Å². The van der Waals surface area contributed by atoms with Gasteiger partial charge in [0, 0.05) is 29.3 Å². The molecule has 26 heavy (non-hydrogen) atoms. The van der Waals surface area contributed by atoms with E-state index in [2.05, 4.69) is 14.9 Å². The fourth-order valence-corrected chi connectivity index (χ4v) is 3.53. The SMILES string of the molecule is CSc1ccc2ncnc(N3CCC(C(=O)NCC(F)(F)F)CC3)c2c1. The fourth-order valence-electron chi connectivity index (χ4n) is 3.09. The summed E-state index contributed by atoms with van der Waals surface area (Å²) < 4.78 is 36.7. The zero-order valence-corrected chi connectivity index (χ0v) is 15.0. The third-order valence-electron chi connectivity index (χ3n) is 4.45. The molecule has 9 heteroatoms. The Balaban J connectivity index is 1.68. The monoisotopic (exact) mass is 384 g/mol. The lowest BCUT2D eigenvalue weighted by molar-refractivity contribution is -0.141. The Morgan fingerprint density at radius 2 is 2.04 bits per heavy atom. The van der Waals surface area contributed by atoms with Crippen LogP contribution in [0, 0.1) is 5.92 Å². The minimum Gasteiger partial charge on any atom is -0.356 e. The molecular formula is C17H19F3N4OS. The number of hydrogen-bond acceptors (Lipinski definition) is 5. The molecule has 0 bridgehead atoms. The summed E-state index contributed by atoms with van der Waals surface area (Å²) in [7, 11) is 0. The molecule has 2 heterocycles. The highest BCUT2D eigenvalue weighted by Crippen LogP contribution is 2.30. The van der Waals surface area contributed by atoms with Crippen molar-refractivity contribution in [3.05, 3.63) is 24.5 Å². The molecule has 0 spiro atoms. The van der Waals surface area contributed by atoms with Gasteiger partial charge in [-0.1, -0.05) is 0 Å². The van der Waals surface area contributed by atoms with Crippen molar-refractivity contribution in [2.75, 3.05) is 30.8 Å². The molecule has 5 nitrogen and oxygen atoms in total. The molecule has 1 aliphatic rings. The first-order chi connectivity index (χ1) is 12.4. The number of aromatic nitrogens is 2. The summed E-state index contributed by atoms with van der Waals surface area (Å²) in [5.74, 6) is -0.123. The molecule has 0 unspecified atom stereocenters. The van der Waals surface area contributed by atoms with Crippen molar-refractivity contribution in [3.8, 4) is 0 Å². The van der Waals surface area contributed by atoms with E-state index in [-0.39, 0.29) is 0 Å². The number of anilines is 1. The number of carbonyl (C=O) groups excluding carboxylic acids is 1. The predicted molar refractivity (Wildman–Crippen MR) is 95.3 cm³/mol. The molecule has 3 rings (SSSR count). The van der Waals surface area contributed by atoms with Gasteiger partial charge in [-0.2, -0.15) is 13.2 Å². The molecule has 1 aromatic heterocycles. The third-order valence-corrected chi connectivity index (χ3v) is 5.18. The number of amides is 1. The van der Waals surface area contributed by atoms with E-state index in [1.54, 1.807) is 11.8 Å². The standard InChI is InChI=1S/C17H19F3N4OS/c1-26-12-2-3-14-13(8-12)15(23-10-22-14)24-6-4-11(5-7-24)16(25)21-9-17(18,19)20/h2-3,8,10-11H,4-7,9H2,1H3,(H,21,25). The lowest BCUT2D eigenvalue weighted by Gasteiger charge is -2.32. The molecule has 1 aliphatic heterocycles. The van der Waals surface area contributed by atoms with Crippen LogP contribution in [0.15, 0.2) is 29.4 Å². The number of hydrogen-bond donors (Lipinski definition) is 1. The molecule has 0 atom stereocenters. The fraction of sp³-hybridized carbons (Fsp3) is 0.471. The number of thioether (sulfide) groups is 1. The summed E-state index contributed by atoms with van der Waals surface area (Å²) >= 11 is 1.63. The zero-order valence-electron chi connectivity index (χ0n) is 14.2. The van der Waals surface area contributed by atoms with E-state index in [1.807, 2.05) is 29.8 Å². The first kappa shape index (κ1) is 18.8. The summed E-state index contributed by atoms with van der Waals surface area (Å²) in [5.41, 5.74) is 0.845. The highest BCUT2D eigenvalue weighted by molar-refractivity contribution is 7.98. The number of piperidine rings is 1. The Morgan fingerprint density at radius 3 is 2.69 bits per heavy atom. The van der Waals surface area contributed by atoms with Crippen LogP contribution in [0.5, 0.6) is 0 Å². The van der Waals surface area contributed by atoms with Gasteiger partial charge in [-0.25, -0.2) is 9.97 Å². The van der Waals surface area contributed by atoms with E-state index in [0.717, 1.165) is 21.6 Å². The van der Waals surface area contributed by atoms with Crippen LogP contribution < -0.4 is 10.2 Å². The Kier molecular flexibility index (Phi) is 5.55. The topological polar surface area (TPSA) is 58.1 Å². The summed E-state index contributed by atoms with van der Waals surface area (Å²) in [5, 5.41) is 2.92. The number of carbonyl (C=O) groups is 1. The lowest BCUT2D eigenvalue weighted by Crippen LogP contribution is -2.43. The second kappa shape index (κ2) is 7.69. The van der Waals surface area contributed by atoms with E-state index >= 15 is 0 Å². The van der Waals surface area contributed by atoms with Crippen LogP contribution >= 0.6 is 11.8 Å². The third kappa shape index (κ3) is 4.38. The molecule has 0 aliphatic carbocycles. The van der Waals surface area contributed by atoms with Crippen molar-refractivity contribution in [3.63, 3.8) is 0 Å². The molecule has 1 aromatic carbocycles. The first-order valence-electron chi connectivity index (χ1n) is 8.25. The Bertz CT molecular complexity index is 791.